The van der Waals surface area contributed by atoms with Gasteiger partial charge in [0, 0.05) is 30.2 Å². The van der Waals surface area contributed by atoms with Crippen LogP contribution in [0.5, 0.6) is 0 Å². The first-order valence-electron chi connectivity index (χ1n) is 12.4. The topological polar surface area (TPSA) is 105 Å². The van der Waals surface area contributed by atoms with Crippen molar-refractivity contribution in [3.05, 3.63) is 54.1 Å². The zero-order chi connectivity index (χ0) is 26.5. The van der Waals surface area contributed by atoms with Crippen LogP contribution in [0.25, 0.3) is 0 Å². The molecule has 0 bridgehead atoms. The van der Waals surface area contributed by atoms with Crippen LogP contribution in [0.2, 0.25) is 0 Å². The number of carbonyl (C=O) groups excluding carboxylic acids is 2. The first kappa shape index (κ1) is 27.7. The van der Waals surface area contributed by atoms with Crippen LogP contribution in [0.1, 0.15) is 59.1 Å². The average Bonchev–Trinajstić information content (AvgIpc) is 2.84. The van der Waals surface area contributed by atoms with Crippen molar-refractivity contribution in [2.24, 2.45) is 11.3 Å². The molecule has 0 saturated carbocycles. The molecule has 0 spiro atoms. The van der Waals surface area contributed by atoms with Gasteiger partial charge in [0.2, 0.25) is 15.9 Å². The standard InChI is InChI=1S/C27H37N3O5S/c1-6-35-25(31)21-13-10-16-30(18-21)23-15-14-22(28-26(32)27(3,4)5)17-24(23)36(33,34)29-19(2)20-11-8-7-9-12-20/h7-9,11-12,14-15,17,19,21,29H,6,10,13,16,18H2,1-5H3,(H,28,32). The van der Waals surface area contributed by atoms with E-state index in [2.05, 4.69) is 10.0 Å². The van der Waals surface area contributed by atoms with Crippen molar-refractivity contribution in [3.8, 4) is 0 Å². The number of rotatable bonds is 8. The number of nitrogens with one attached hydrogen (secondary N) is 2. The maximum absolute atomic E-state index is 13.7. The molecule has 1 saturated heterocycles. The molecule has 8 nitrogen and oxygen atoms in total. The highest BCUT2D eigenvalue weighted by Gasteiger charge is 2.31. The van der Waals surface area contributed by atoms with Gasteiger partial charge >= 0.3 is 5.97 Å². The molecule has 2 aromatic carbocycles. The van der Waals surface area contributed by atoms with E-state index in [4.69, 9.17) is 4.74 Å². The Labute approximate surface area is 214 Å². The molecule has 0 aliphatic carbocycles. The summed E-state index contributed by atoms with van der Waals surface area (Å²) in [6.07, 6.45) is 1.43. The van der Waals surface area contributed by atoms with E-state index in [1.54, 1.807) is 46.8 Å². The highest BCUT2D eigenvalue weighted by atomic mass is 32.2. The number of sulfonamides is 1. The molecule has 2 N–H and O–H groups in total. The Morgan fingerprint density at radius 2 is 1.83 bits per heavy atom. The number of piperidine rings is 1. The number of hydrogen-bond acceptors (Lipinski definition) is 6. The van der Waals surface area contributed by atoms with Gasteiger partial charge in [0.25, 0.3) is 0 Å². The SMILES string of the molecule is CCOC(=O)C1CCCN(c2ccc(NC(=O)C(C)(C)C)cc2S(=O)(=O)NC(C)c2ccccc2)C1. The van der Waals surface area contributed by atoms with Gasteiger partial charge in [-0.15, -0.1) is 0 Å². The Morgan fingerprint density at radius 1 is 1.14 bits per heavy atom. The molecule has 2 aromatic rings. The molecule has 2 unspecified atom stereocenters. The lowest BCUT2D eigenvalue weighted by atomic mass is 9.95. The molecule has 2 atom stereocenters. The minimum atomic E-state index is -3.99. The Morgan fingerprint density at radius 3 is 2.47 bits per heavy atom. The second-order valence-corrected chi connectivity index (χ2v) is 11.9. The Kier molecular flexibility index (Phi) is 8.79. The van der Waals surface area contributed by atoms with Gasteiger partial charge in [0.1, 0.15) is 4.90 Å². The van der Waals surface area contributed by atoms with Crippen LogP contribution >= 0.6 is 0 Å². The molecule has 36 heavy (non-hydrogen) atoms. The van der Waals surface area contributed by atoms with Gasteiger partial charge in [-0.1, -0.05) is 51.1 Å². The summed E-state index contributed by atoms with van der Waals surface area (Å²) in [5.41, 5.74) is 1.08. The van der Waals surface area contributed by atoms with Crippen LogP contribution in [-0.4, -0.2) is 40.0 Å². The van der Waals surface area contributed by atoms with Crippen molar-refractivity contribution in [2.45, 2.75) is 58.4 Å². The lowest BCUT2D eigenvalue weighted by Gasteiger charge is -2.34. The smallest absolute Gasteiger partial charge is 0.310 e. The third kappa shape index (κ3) is 6.85. The second-order valence-electron chi connectivity index (χ2n) is 10.2. The Bertz CT molecular complexity index is 1180. The number of esters is 1. The quantitative estimate of drug-likeness (QED) is 0.502. The lowest BCUT2D eigenvalue weighted by molar-refractivity contribution is -0.148. The molecule has 1 aliphatic rings. The molecule has 9 heteroatoms. The molecule has 1 amide bonds. The molecule has 1 heterocycles. The number of benzene rings is 2. The number of carbonyl (C=O) groups is 2. The summed E-state index contributed by atoms with van der Waals surface area (Å²) >= 11 is 0. The summed E-state index contributed by atoms with van der Waals surface area (Å²) in [4.78, 5) is 27.0. The largest absolute Gasteiger partial charge is 0.466 e. The molecule has 3 rings (SSSR count). The second kappa shape index (κ2) is 11.4. The van der Waals surface area contributed by atoms with Crippen LogP contribution < -0.4 is 14.9 Å². The number of amides is 1. The average molecular weight is 516 g/mol. The monoisotopic (exact) mass is 515 g/mol. The van der Waals surface area contributed by atoms with Crippen LogP contribution in [0.15, 0.2) is 53.4 Å². The molecule has 1 aliphatic heterocycles. The first-order chi connectivity index (χ1) is 16.9. The summed E-state index contributed by atoms with van der Waals surface area (Å²) in [5, 5.41) is 2.83. The van der Waals surface area contributed by atoms with Gasteiger partial charge in [-0.2, -0.15) is 0 Å². The van der Waals surface area contributed by atoms with Crippen molar-refractivity contribution in [3.63, 3.8) is 0 Å². The highest BCUT2D eigenvalue weighted by molar-refractivity contribution is 7.89. The van der Waals surface area contributed by atoms with Crippen LogP contribution in [-0.2, 0) is 24.3 Å². The molecular formula is C27H37N3O5S. The summed E-state index contributed by atoms with van der Waals surface area (Å²) in [7, 11) is -3.99. The van der Waals surface area contributed by atoms with Crippen LogP contribution in [0, 0.1) is 11.3 Å². The van der Waals surface area contributed by atoms with Crippen molar-refractivity contribution >= 4 is 33.3 Å². The predicted octanol–water partition coefficient (Wildman–Crippen LogP) is 4.49. The fourth-order valence-corrected chi connectivity index (χ4v) is 5.62. The maximum atomic E-state index is 13.7. The van der Waals surface area contributed by atoms with E-state index in [9.17, 15) is 18.0 Å². The minimum absolute atomic E-state index is 0.0569. The van der Waals surface area contributed by atoms with E-state index in [0.717, 1.165) is 12.0 Å². The zero-order valence-corrected chi connectivity index (χ0v) is 22.5. The Hall–Kier alpha value is -2.91. The van der Waals surface area contributed by atoms with Gasteiger partial charge in [0.15, 0.2) is 0 Å². The maximum Gasteiger partial charge on any atom is 0.310 e. The minimum Gasteiger partial charge on any atom is -0.466 e. The Balaban J connectivity index is 1.98. The fourth-order valence-electron chi connectivity index (χ4n) is 4.14. The predicted molar refractivity (Wildman–Crippen MR) is 141 cm³/mol. The van der Waals surface area contributed by atoms with E-state index in [1.807, 2.05) is 35.2 Å². The van der Waals surface area contributed by atoms with Crippen LogP contribution in [0.4, 0.5) is 11.4 Å². The van der Waals surface area contributed by atoms with E-state index in [-0.39, 0.29) is 22.7 Å². The number of ether oxygens (including phenoxy) is 1. The van der Waals surface area contributed by atoms with Gasteiger partial charge in [-0.05, 0) is 50.5 Å². The van der Waals surface area contributed by atoms with Gasteiger partial charge in [0.05, 0.1) is 18.2 Å². The number of anilines is 2. The number of hydrogen-bond donors (Lipinski definition) is 2. The number of nitrogens with zero attached hydrogens (tertiary/aromatic N) is 1. The fraction of sp³-hybridized carbons (Fsp3) is 0.481. The van der Waals surface area contributed by atoms with Crippen molar-refractivity contribution in [1.29, 1.82) is 0 Å². The highest BCUT2D eigenvalue weighted by Crippen LogP contribution is 2.33. The van der Waals surface area contributed by atoms with E-state index < -0.39 is 21.5 Å². The normalized spacial score (nSPS) is 17.4. The third-order valence-corrected chi connectivity index (χ3v) is 7.77. The molecular weight excluding hydrogens is 478 g/mol. The van der Waals surface area contributed by atoms with Gasteiger partial charge in [-0.3, -0.25) is 9.59 Å². The lowest BCUT2D eigenvalue weighted by Crippen LogP contribution is -2.40. The van der Waals surface area contributed by atoms with E-state index in [0.29, 0.717) is 37.5 Å². The summed E-state index contributed by atoms with van der Waals surface area (Å²) in [6.45, 7) is 10.2. The zero-order valence-electron chi connectivity index (χ0n) is 21.7. The van der Waals surface area contributed by atoms with E-state index >= 15 is 0 Å². The molecule has 196 valence electrons. The third-order valence-electron chi connectivity index (χ3n) is 6.20. The molecule has 0 aromatic heterocycles. The summed E-state index contributed by atoms with van der Waals surface area (Å²) in [5.74, 6) is -0.813. The molecule has 0 radical (unpaired) electrons. The molecule has 1 fully saturated rings. The van der Waals surface area contributed by atoms with Crippen LogP contribution in [0.3, 0.4) is 0 Å². The first-order valence-corrected chi connectivity index (χ1v) is 13.8. The van der Waals surface area contributed by atoms with Crippen molar-refractivity contribution in [2.75, 3.05) is 29.9 Å². The van der Waals surface area contributed by atoms with Crippen molar-refractivity contribution < 1.29 is 22.7 Å². The summed E-state index contributed by atoms with van der Waals surface area (Å²) in [6, 6.07) is 13.7. The van der Waals surface area contributed by atoms with E-state index in [1.165, 1.54) is 6.07 Å². The summed E-state index contributed by atoms with van der Waals surface area (Å²) < 4.78 is 35.4. The van der Waals surface area contributed by atoms with Gasteiger partial charge in [-0.25, -0.2) is 13.1 Å². The van der Waals surface area contributed by atoms with Gasteiger partial charge < -0.3 is 15.0 Å². The van der Waals surface area contributed by atoms with Crippen molar-refractivity contribution in [1.82, 2.24) is 4.72 Å².